The van der Waals surface area contributed by atoms with Crippen LogP contribution in [0.2, 0.25) is 0 Å². The monoisotopic (exact) mass is 255 g/mol. The maximum absolute atomic E-state index is 10.5. The molecule has 0 aliphatic carbocycles. The van der Waals surface area contributed by atoms with Crippen LogP contribution in [0.1, 0.15) is 22.2 Å². The number of benzene rings is 1. The van der Waals surface area contributed by atoms with E-state index in [4.69, 9.17) is 0 Å². The van der Waals surface area contributed by atoms with E-state index in [0.29, 0.717) is 0 Å². The maximum Gasteiger partial charge on any atom is 0.131 e. The first-order valence-electron chi connectivity index (χ1n) is 5.83. The molecule has 1 atom stereocenters. The van der Waals surface area contributed by atoms with E-state index in [2.05, 4.69) is 4.98 Å². The van der Waals surface area contributed by atoms with Gasteiger partial charge >= 0.3 is 0 Å². The van der Waals surface area contributed by atoms with E-state index in [9.17, 15) is 5.11 Å². The van der Waals surface area contributed by atoms with E-state index in [-0.39, 0.29) is 0 Å². The Bertz CT molecular complexity index is 684. The lowest BCUT2D eigenvalue weighted by Gasteiger charge is -2.12. The van der Waals surface area contributed by atoms with Crippen LogP contribution in [0.3, 0.4) is 0 Å². The van der Waals surface area contributed by atoms with E-state index < -0.39 is 6.10 Å². The summed E-state index contributed by atoms with van der Waals surface area (Å²) in [5.74, 6) is 0. The van der Waals surface area contributed by atoms with Crippen LogP contribution in [0.15, 0.2) is 48.0 Å². The van der Waals surface area contributed by atoms with Crippen LogP contribution in [0.25, 0.3) is 10.8 Å². The highest BCUT2D eigenvalue weighted by Gasteiger charge is 2.17. The molecule has 0 radical (unpaired) electrons. The van der Waals surface area contributed by atoms with Crippen molar-refractivity contribution in [3.8, 4) is 0 Å². The van der Waals surface area contributed by atoms with Gasteiger partial charge in [0.05, 0.1) is 5.69 Å². The summed E-state index contributed by atoms with van der Waals surface area (Å²) < 4.78 is 0. The molecule has 1 N–H and O–H groups in total. The number of rotatable bonds is 2. The molecular formula is C15H13NOS. The Kier molecular flexibility index (Phi) is 2.86. The van der Waals surface area contributed by atoms with Gasteiger partial charge in [-0.25, -0.2) is 0 Å². The summed E-state index contributed by atoms with van der Waals surface area (Å²) in [6, 6.07) is 12.0. The van der Waals surface area contributed by atoms with E-state index in [1.807, 2.05) is 48.7 Å². The summed E-state index contributed by atoms with van der Waals surface area (Å²) >= 11 is 1.57. The summed E-state index contributed by atoms with van der Waals surface area (Å²) in [5, 5.41) is 14.6. The fraction of sp³-hybridized carbons (Fsp3) is 0.133. The Hall–Kier alpha value is -1.71. The number of pyridine rings is 1. The van der Waals surface area contributed by atoms with Crippen LogP contribution in [0, 0.1) is 6.92 Å². The van der Waals surface area contributed by atoms with E-state index >= 15 is 0 Å². The molecule has 2 aromatic heterocycles. The molecule has 0 bridgehead atoms. The fourth-order valence-electron chi connectivity index (χ4n) is 2.15. The molecule has 1 unspecified atom stereocenters. The van der Waals surface area contributed by atoms with Crippen molar-refractivity contribution in [2.24, 2.45) is 0 Å². The molecule has 3 rings (SSSR count). The maximum atomic E-state index is 10.5. The number of aliphatic hydroxyl groups is 1. The molecule has 0 aliphatic rings. The van der Waals surface area contributed by atoms with Crippen LogP contribution in [0.5, 0.6) is 0 Å². The zero-order valence-corrected chi connectivity index (χ0v) is 10.8. The number of aliphatic hydroxyl groups excluding tert-OH is 1. The number of hydrogen-bond acceptors (Lipinski definition) is 3. The molecule has 1 aromatic carbocycles. The molecule has 3 heteroatoms. The lowest BCUT2D eigenvalue weighted by atomic mass is 10.0. The van der Waals surface area contributed by atoms with Crippen LogP contribution in [0.4, 0.5) is 0 Å². The van der Waals surface area contributed by atoms with Crippen molar-refractivity contribution < 1.29 is 5.11 Å². The molecule has 18 heavy (non-hydrogen) atoms. The van der Waals surface area contributed by atoms with Gasteiger partial charge in [0.25, 0.3) is 0 Å². The molecule has 2 heterocycles. The van der Waals surface area contributed by atoms with Crippen molar-refractivity contribution in [3.05, 3.63) is 64.1 Å². The SMILES string of the molecule is Cc1ccsc1C(O)c1nccc2ccccc12. The van der Waals surface area contributed by atoms with Crippen molar-refractivity contribution in [3.63, 3.8) is 0 Å². The Labute approximate surface area is 110 Å². The van der Waals surface area contributed by atoms with E-state index in [1.165, 1.54) is 0 Å². The van der Waals surface area contributed by atoms with Gasteiger partial charge in [0.1, 0.15) is 6.10 Å². The standard InChI is InChI=1S/C15H13NOS/c1-10-7-9-18-15(10)14(17)13-12-5-3-2-4-11(12)6-8-16-13/h2-9,14,17H,1H3. The van der Waals surface area contributed by atoms with E-state index in [0.717, 1.165) is 26.9 Å². The topological polar surface area (TPSA) is 33.1 Å². The number of aryl methyl sites for hydroxylation is 1. The molecule has 0 aliphatic heterocycles. The second-order valence-electron chi connectivity index (χ2n) is 4.29. The summed E-state index contributed by atoms with van der Waals surface area (Å²) in [5.41, 5.74) is 1.85. The third kappa shape index (κ3) is 1.82. The molecule has 0 amide bonds. The van der Waals surface area contributed by atoms with Gasteiger partial charge in [-0.05, 0) is 35.4 Å². The van der Waals surface area contributed by atoms with Gasteiger partial charge in [0.15, 0.2) is 0 Å². The predicted octanol–water partition coefficient (Wildman–Crippen LogP) is 3.69. The number of fused-ring (bicyclic) bond motifs is 1. The summed E-state index contributed by atoms with van der Waals surface area (Å²) in [6.07, 6.45) is 1.11. The van der Waals surface area contributed by atoms with Gasteiger partial charge in [-0.15, -0.1) is 11.3 Å². The van der Waals surface area contributed by atoms with Gasteiger partial charge in [-0.2, -0.15) is 0 Å². The minimum Gasteiger partial charge on any atom is -0.381 e. The third-order valence-corrected chi connectivity index (χ3v) is 4.18. The van der Waals surface area contributed by atoms with Crippen LogP contribution in [-0.2, 0) is 0 Å². The molecule has 0 saturated heterocycles. The van der Waals surface area contributed by atoms with Crippen molar-refractivity contribution in [1.29, 1.82) is 0 Å². The minimum atomic E-state index is -0.643. The first kappa shape index (κ1) is 11.4. The Morgan fingerprint density at radius 1 is 1.17 bits per heavy atom. The second kappa shape index (κ2) is 4.52. The Morgan fingerprint density at radius 3 is 2.78 bits per heavy atom. The number of aromatic nitrogens is 1. The highest BCUT2D eigenvalue weighted by molar-refractivity contribution is 7.10. The lowest BCUT2D eigenvalue weighted by molar-refractivity contribution is 0.220. The first-order chi connectivity index (χ1) is 8.77. The van der Waals surface area contributed by atoms with Gasteiger partial charge in [-0.1, -0.05) is 24.3 Å². The van der Waals surface area contributed by atoms with E-state index in [1.54, 1.807) is 17.5 Å². The fourth-order valence-corrected chi connectivity index (χ4v) is 3.06. The predicted molar refractivity (Wildman–Crippen MR) is 74.9 cm³/mol. The van der Waals surface area contributed by atoms with Crippen molar-refractivity contribution >= 4 is 22.1 Å². The molecular weight excluding hydrogens is 242 g/mol. The molecule has 0 saturated carbocycles. The molecule has 0 fully saturated rings. The van der Waals surface area contributed by atoms with Gasteiger partial charge in [0.2, 0.25) is 0 Å². The zero-order chi connectivity index (χ0) is 12.5. The molecule has 2 nitrogen and oxygen atoms in total. The molecule has 3 aromatic rings. The number of nitrogens with zero attached hydrogens (tertiary/aromatic N) is 1. The quantitative estimate of drug-likeness (QED) is 0.757. The van der Waals surface area contributed by atoms with Crippen LogP contribution >= 0.6 is 11.3 Å². The zero-order valence-electron chi connectivity index (χ0n) is 10.00. The molecule has 0 spiro atoms. The first-order valence-corrected chi connectivity index (χ1v) is 6.71. The third-order valence-electron chi connectivity index (χ3n) is 3.11. The highest BCUT2D eigenvalue weighted by atomic mass is 32.1. The largest absolute Gasteiger partial charge is 0.381 e. The van der Waals surface area contributed by atoms with Crippen molar-refractivity contribution in [1.82, 2.24) is 4.98 Å². The van der Waals surface area contributed by atoms with Gasteiger partial charge in [0, 0.05) is 16.5 Å². The normalized spacial score (nSPS) is 12.8. The van der Waals surface area contributed by atoms with Gasteiger partial charge < -0.3 is 5.11 Å². The molecule has 90 valence electrons. The summed E-state index contributed by atoms with van der Waals surface area (Å²) in [7, 11) is 0. The lowest BCUT2D eigenvalue weighted by Crippen LogP contribution is -2.02. The smallest absolute Gasteiger partial charge is 0.131 e. The Morgan fingerprint density at radius 2 is 2.00 bits per heavy atom. The van der Waals surface area contributed by atoms with Crippen LogP contribution in [-0.4, -0.2) is 10.1 Å². The highest BCUT2D eigenvalue weighted by Crippen LogP contribution is 2.31. The van der Waals surface area contributed by atoms with Crippen LogP contribution < -0.4 is 0 Å². The number of hydrogen-bond donors (Lipinski definition) is 1. The van der Waals surface area contributed by atoms with Crippen molar-refractivity contribution in [2.45, 2.75) is 13.0 Å². The summed E-state index contributed by atoms with van der Waals surface area (Å²) in [6.45, 7) is 2.01. The summed E-state index contributed by atoms with van der Waals surface area (Å²) in [4.78, 5) is 5.33. The minimum absolute atomic E-state index is 0.643. The number of thiophene rings is 1. The average molecular weight is 255 g/mol. The van der Waals surface area contributed by atoms with Crippen molar-refractivity contribution in [2.75, 3.05) is 0 Å². The second-order valence-corrected chi connectivity index (χ2v) is 5.24. The van der Waals surface area contributed by atoms with Gasteiger partial charge in [-0.3, -0.25) is 4.98 Å². The average Bonchev–Trinajstić information content (AvgIpc) is 2.83. The Balaban J connectivity index is 2.18.